The molecule has 1 aliphatic rings. The Morgan fingerprint density at radius 3 is 2.53 bits per heavy atom. The van der Waals surface area contributed by atoms with Gasteiger partial charge in [0.25, 0.3) is 5.91 Å². The molecule has 8 nitrogen and oxygen atoms in total. The third kappa shape index (κ3) is 3.84. The van der Waals surface area contributed by atoms with Crippen LogP contribution < -0.4 is 11.1 Å². The molecule has 0 fully saturated rings. The average molecular weight is 474 g/mol. The second-order valence-corrected chi connectivity index (χ2v) is 9.32. The number of amides is 1. The van der Waals surface area contributed by atoms with Crippen LogP contribution in [-0.4, -0.2) is 36.0 Å². The minimum atomic E-state index is -0.616. The van der Waals surface area contributed by atoms with E-state index in [0.717, 1.165) is 41.7 Å². The normalized spacial score (nSPS) is 12.6. The number of ether oxygens (including phenoxy) is 2. The molecule has 32 heavy (non-hydrogen) atoms. The van der Waals surface area contributed by atoms with Crippen LogP contribution in [-0.2, 0) is 22.3 Å². The molecule has 168 valence electrons. The predicted molar refractivity (Wildman–Crippen MR) is 125 cm³/mol. The number of nitrogens with one attached hydrogen (secondary N) is 1. The van der Waals surface area contributed by atoms with Gasteiger partial charge in [0, 0.05) is 11.1 Å². The molecule has 1 aliphatic carbocycles. The van der Waals surface area contributed by atoms with E-state index in [1.165, 1.54) is 16.9 Å². The summed E-state index contributed by atoms with van der Waals surface area (Å²) in [5.41, 5.74) is 9.45. The van der Waals surface area contributed by atoms with Crippen LogP contribution >= 0.6 is 22.7 Å². The van der Waals surface area contributed by atoms with Crippen molar-refractivity contribution in [1.82, 2.24) is 4.98 Å². The number of nitrogens with two attached hydrogens (primary N) is 1. The Kier molecular flexibility index (Phi) is 6.16. The minimum absolute atomic E-state index is 0.144. The maximum atomic E-state index is 13.1. The Labute approximate surface area is 192 Å². The highest BCUT2D eigenvalue weighted by Gasteiger charge is 2.29. The van der Waals surface area contributed by atoms with Crippen molar-refractivity contribution in [1.29, 1.82) is 0 Å². The highest BCUT2D eigenvalue weighted by Crippen LogP contribution is 2.38. The van der Waals surface area contributed by atoms with E-state index >= 15 is 0 Å². The van der Waals surface area contributed by atoms with Gasteiger partial charge >= 0.3 is 11.9 Å². The SMILES string of the molecule is CCOC(=O)c1sc(NC(=O)c2sc3nc4c(cc3c2N)CCC4)c(C(=O)OCC)c1C. The summed E-state index contributed by atoms with van der Waals surface area (Å²) in [6, 6.07) is 2.02. The molecule has 3 N–H and O–H groups in total. The van der Waals surface area contributed by atoms with Gasteiger partial charge in [-0.05, 0) is 57.2 Å². The first-order valence-corrected chi connectivity index (χ1v) is 12.0. The van der Waals surface area contributed by atoms with Gasteiger partial charge in [0.1, 0.15) is 19.6 Å². The molecule has 0 aromatic carbocycles. The summed E-state index contributed by atoms with van der Waals surface area (Å²) < 4.78 is 10.2. The Hall–Kier alpha value is -2.98. The minimum Gasteiger partial charge on any atom is -0.462 e. The summed E-state index contributed by atoms with van der Waals surface area (Å²) >= 11 is 2.20. The van der Waals surface area contributed by atoms with Crippen LogP contribution in [0.15, 0.2) is 6.07 Å². The van der Waals surface area contributed by atoms with Crippen molar-refractivity contribution >= 4 is 61.4 Å². The molecule has 0 atom stereocenters. The zero-order valence-corrected chi connectivity index (χ0v) is 19.6. The van der Waals surface area contributed by atoms with E-state index < -0.39 is 17.8 Å². The van der Waals surface area contributed by atoms with Crippen molar-refractivity contribution < 1.29 is 23.9 Å². The van der Waals surface area contributed by atoms with Crippen molar-refractivity contribution in [2.24, 2.45) is 0 Å². The van der Waals surface area contributed by atoms with Gasteiger partial charge in [-0.25, -0.2) is 14.6 Å². The number of pyridine rings is 1. The van der Waals surface area contributed by atoms with Crippen molar-refractivity contribution in [2.45, 2.75) is 40.0 Å². The summed E-state index contributed by atoms with van der Waals surface area (Å²) in [6.07, 6.45) is 2.96. The summed E-state index contributed by atoms with van der Waals surface area (Å²) in [6.45, 7) is 5.37. The number of fused-ring (bicyclic) bond motifs is 2. The van der Waals surface area contributed by atoms with Gasteiger partial charge in [-0.1, -0.05) is 0 Å². The van der Waals surface area contributed by atoms with Crippen molar-refractivity contribution in [2.75, 3.05) is 24.3 Å². The lowest BCUT2D eigenvalue weighted by Crippen LogP contribution is -2.15. The molecule has 0 radical (unpaired) electrons. The number of aryl methyl sites for hydroxylation is 2. The van der Waals surface area contributed by atoms with Gasteiger partial charge in [-0.15, -0.1) is 22.7 Å². The second-order valence-electron chi connectivity index (χ2n) is 7.30. The Morgan fingerprint density at radius 2 is 1.81 bits per heavy atom. The number of hydrogen-bond donors (Lipinski definition) is 2. The van der Waals surface area contributed by atoms with Gasteiger partial charge < -0.3 is 20.5 Å². The number of carbonyl (C=O) groups is 3. The molecule has 0 spiro atoms. The number of anilines is 2. The fourth-order valence-corrected chi connectivity index (χ4v) is 5.84. The summed E-state index contributed by atoms with van der Waals surface area (Å²) in [5.74, 6) is -1.64. The maximum Gasteiger partial charge on any atom is 0.348 e. The molecule has 3 heterocycles. The first-order valence-electron chi connectivity index (χ1n) is 10.3. The number of esters is 2. The van der Waals surface area contributed by atoms with Crippen molar-refractivity contribution in [3.63, 3.8) is 0 Å². The molecule has 0 saturated carbocycles. The van der Waals surface area contributed by atoms with Gasteiger partial charge in [0.15, 0.2) is 0 Å². The third-order valence-electron chi connectivity index (χ3n) is 5.27. The van der Waals surface area contributed by atoms with E-state index in [4.69, 9.17) is 15.2 Å². The second kappa shape index (κ2) is 8.87. The molecule has 0 saturated heterocycles. The average Bonchev–Trinajstić information content (AvgIpc) is 3.43. The smallest absolute Gasteiger partial charge is 0.348 e. The topological polar surface area (TPSA) is 121 Å². The fraction of sp³-hybridized carbons (Fsp3) is 0.364. The van der Waals surface area contributed by atoms with E-state index in [1.54, 1.807) is 20.8 Å². The number of nitrogens with zero attached hydrogens (tertiary/aromatic N) is 1. The molecule has 0 aliphatic heterocycles. The number of aromatic nitrogens is 1. The Balaban J connectivity index is 1.71. The Morgan fingerprint density at radius 1 is 1.09 bits per heavy atom. The van der Waals surface area contributed by atoms with Crippen LogP contribution in [0.5, 0.6) is 0 Å². The molecular formula is C22H23N3O5S2. The quantitative estimate of drug-likeness (QED) is 0.511. The number of nitrogen functional groups attached to an aromatic ring is 1. The molecule has 0 bridgehead atoms. The predicted octanol–water partition coefficient (Wildman–Crippen LogP) is 4.34. The van der Waals surface area contributed by atoms with Crippen molar-refractivity contribution in [3.8, 4) is 0 Å². The van der Waals surface area contributed by atoms with E-state index in [0.29, 0.717) is 21.0 Å². The number of carbonyl (C=O) groups excluding carboxylic acids is 3. The molecule has 4 rings (SSSR count). The largest absolute Gasteiger partial charge is 0.462 e. The monoisotopic (exact) mass is 473 g/mol. The summed E-state index contributed by atoms with van der Waals surface area (Å²) in [5, 5.41) is 3.75. The van der Waals surface area contributed by atoms with Crippen LogP contribution in [0.3, 0.4) is 0 Å². The Bertz CT molecular complexity index is 1240. The van der Waals surface area contributed by atoms with Crippen LogP contribution in [0.25, 0.3) is 10.2 Å². The van der Waals surface area contributed by atoms with Crippen LogP contribution in [0.1, 0.15) is 66.8 Å². The third-order valence-corrected chi connectivity index (χ3v) is 7.57. The zero-order valence-electron chi connectivity index (χ0n) is 18.0. The lowest BCUT2D eigenvalue weighted by molar-refractivity contribution is 0.0527. The highest BCUT2D eigenvalue weighted by atomic mass is 32.1. The fourth-order valence-electron chi connectivity index (χ4n) is 3.77. The number of hydrogen-bond acceptors (Lipinski definition) is 9. The standard InChI is InChI=1S/C22H23N3O5S2/c1-4-29-21(27)14-10(3)16(22(28)30-5-2)31-20(14)25-18(26)17-15(23)12-9-11-7-6-8-13(11)24-19(12)32-17/h9H,4-8,23H2,1-3H3,(H,25,26). The van der Waals surface area contributed by atoms with Gasteiger partial charge in [0.2, 0.25) is 0 Å². The summed E-state index contributed by atoms with van der Waals surface area (Å²) in [4.78, 5) is 44.0. The van der Waals surface area contributed by atoms with Crippen LogP contribution in [0.2, 0.25) is 0 Å². The lowest BCUT2D eigenvalue weighted by Gasteiger charge is -2.06. The molecule has 0 unspecified atom stereocenters. The van der Waals surface area contributed by atoms with Crippen LogP contribution in [0, 0.1) is 6.92 Å². The lowest BCUT2D eigenvalue weighted by atomic mass is 10.1. The van der Waals surface area contributed by atoms with E-state index in [2.05, 4.69) is 10.3 Å². The van der Waals surface area contributed by atoms with E-state index in [-0.39, 0.29) is 28.7 Å². The van der Waals surface area contributed by atoms with Crippen LogP contribution in [0.4, 0.5) is 10.7 Å². The molecule has 3 aromatic heterocycles. The van der Waals surface area contributed by atoms with E-state index in [9.17, 15) is 14.4 Å². The first-order chi connectivity index (χ1) is 15.3. The molecule has 3 aromatic rings. The zero-order chi connectivity index (χ0) is 23.0. The number of rotatable bonds is 6. The summed E-state index contributed by atoms with van der Waals surface area (Å²) in [7, 11) is 0. The first kappa shape index (κ1) is 22.2. The number of thiophene rings is 2. The van der Waals surface area contributed by atoms with Crippen molar-refractivity contribution in [3.05, 3.63) is 38.2 Å². The van der Waals surface area contributed by atoms with E-state index in [1.807, 2.05) is 6.07 Å². The molecule has 10 heteroatoms. The van der Waals surface area contributed by atoms with Gasteiger partial charge in [-0.3, -0.25) is 4.79 Å². The molecule has 1 amide bonds. The maximum absolute atomic E-state index is 13.1. The van der Waals surface area contributed by atoms with Gasteiger partial charge in [-0.2, -0.15) is 0 Å². The highest BCUT2D eigenvalue weighted by molar-refractivity contribution is 7.21. The molecular weight excluding hydrogens is 450 g/mol. The van der Waals surface area contributed by atoms with Gasteiger partial charge in [0.05, 0.1) is 24.5 Å².